The summed E-state index contributed by atoms with van der Waals surface area (Å²) in [6.07, 6.45) is 0.750. The molecule has 0 saturated heterocycles. The second-order valence-corrected chi connectivity index (χ2v) is 0.214. The second kappa shape index (κ2) is 56.1. The number of nitrogens with one attached hydrogen (secondary N) is 3. The molecule has 0 aromatic heterocycles. The molecule has 0 spiro atoms. The summed E-state index contributed by atoms with van der Waals surface area (Å²) in [6.45, 7) is 0. The van der Waals surface area contributed by atoms with Gasteiger partial charge in [-0.15, -0.1) is 0 Å². The van der Waals surface area contributed by atoms with E-state index < -0.39 is 0 Å². The molecule has 0 saturated carbocycles. The number of nitrogens with zero attached hydrogens (tertiary/aromatic N) is 1. The molecule has 0 rings (SSSR count). The van der Waals surface area contributed by atoms with E-state index in [2.05, 4.69) is 0 Å². The Kier molecular flexibility index (Phi) is 82.5. The number of carbonyl (C=O) groups excluding carboxylic acids is 1. The van der Waals surface area contributed by atoms with Gasteiger partial charge >= 0.3 is 0 Å². The Morgan fingerprint density at radius 1 is 1.50 bits per heavy atom. The molecule has 32 valence electrons. The Hall–Kier alpha value is -1.31. The molecule has 0 aliphatic carbocycles. The van der Waals surface area contributed by atoms with Crippen molar-refractivity contribution in [2.45, 2.75) is 0 Å². The highest BCUT2D eigenvalue weighted by Gasteiger charge is 1.16. The van der Waals surface area contributed by atoms with E-state index >= 15 is 0 Å². The van der Waals surface area contributed by atoms with E-state index in [0.29, 0.717) is 0 Å². The first-order valence-electron chi connectivity index (χ1n) is 0.901. The molecule has 6 heavy (non-hydrogen) atoms. The summed E-state index contributed by atoms with van der Waals surface area (Å²) in [5.74, 6) is 0. The lowest BCUT2D eigenvalue weighted by molar-refractivity contribution is 0.563. The number of rotatable bonds is 0. The molecule has 0 aromatic carbocycles. The van der Waals surface area contributed by atoms with Gasteiger partial charge in [-0.2, -0.15) is 0 Å². The summed E-state index contributed by atoms with van der Waals surface area (Å²) in [5.41, 5.74) is 11.0. The third kappa shape index (κ3) is 4.48. The lowest BCUT2D eigenvalue weighted by Gasteiger charge is -1.02. The van der Waals surface area contributed by atoms with Gasteiger partial charge in [-0.3, -0.25) is 0 Å². The number of hydrogen-bond acceptors (Lipinski definition) is 4. The van der Waals surface area contributed by atoms with Gasteiger partial charge in [-0.1, -0.05) is 0 Å². The Labute approximate surface area is 33.5 Å². The topological polar surface area (TPSA) is 103 Å². The minimum Gasteiger partial charge on any atom is -0.222 e. The van der Waals surface area contributed by atoms with Crippen LogP contribution in [-0.4, -0.2) is 6.08 Å². The molecule has 0 radical (unpaired) electrons. The van der Waals surface area contributed by atoms with Crippen LogP contribution in [-0.2, 0) is 4.79 Å². The summed E-state index contributed by atoms with van der Waals surface area (Å²) >= 11 is 0. The zero-order valence-corrected chi connectivity index (χ0v) is 2.86. The van der Waals surface area contributed by atoms with E-state index in [9.17, 15) is 0 Å². The molecule has 5 nitrogen and oxygen atoms in total. The second-order valence-electron chi connectivity index (χ2n) is 0.214. The molecule has 5 heteroatoms. The van der Waals surface area contributed by atoms with Crippen molar-refractivity contribution in [1.29, 1.82) is 16.5 Å². The van der Waals surface area contributed by atoms with Gasteiger partial charge in [0.05, 0.1) is 0 Å². The molecule has 3 N–H and O–H groups in total. The Morgan fingerprint density at radius 3 is 1.50 bits per heavy atom. The monoisotopic (exact) mass is 87.0 g/mol. The first-order chi connectivity index (χ1) is 2.83. The average molecular weight is 87.1 g/mol. The van der Waals surface area contributed by atoms with Crippen molar-refractivity contribution in [3.63, 3.8) is 0 Å². The fourth-order valence-electron chi connectivity index (χ4n) is 0. The molecule has 0 aliphatic heterocycles. The van der Waals surface area contributed by atoms with Crippen molar-refractivity contribution in [2.24, 2.45) is 0 Å². The van der Waals surface area contributed by atoms with E-state index in [-0.39, 0.29) is 0 Å². The van der Waals surface area contributed by atoms with Crippen molar-refractivity contribution in [2.75, 3.05) is 0 Å². The Morgan fingerprint density at radius 2 is 1.50 bits per heavy atom. The number of isocyanates is 1. The maximum absolute atomic E-state index is 8.35. The van der Waals surface area contributed by atoms with Crippen molar-refractivity contribution < 1.29 is 4.79 Å². The van der Waals surface area contributed by atoms with Crippen LogP contribution in [0.5, 0.6) is 0 Å². The van der Waals surface area contributed by atoms with Gasteiger partial charge in [0.1, 0.15) is 11.1 Å². The lowest BCUT2D eigenvalue weighted by Crippen LogP contribution is -1.24. The molecule has 0 amide bonds. The van der Waals surface area contributed by atoms with E-state index in [1.807, 2.05) is 4.91 Å². The first kappa shape index (κ1) is 8.83. The summed E-state index contributed by atoms with van der Waals surface area (Å²) in [6, 6.07) is 0. The highest BCUT2D eigenvalue weighted by atomic mass is 16.1. The van der Waals surface area contributed by atoms with Crippen molar-refractivity contribution in [3.8, 4) is 0 Å². The zero-order chi connectivity index (χ0) is 5.41. The van der Waals surface area contributed by atoms with Crippen LogP contribution in [0.1, 0.15) is 0 Å². The SMILES string of the molecule is N=C=O.N=[N+]=N. The Balaban J connectivity index is 0. The minimum atomic E-state index is 0.750. The molecule has 0 bridgehead atoms. The van der Waals surface area contributed by atoms with E-state index in [0.717, 1.165) is 6.08 Å². The van der Waals surface area contributed by atoms with Crippen LogP contribution < -0.4 is 4.91 Å². The van der Waals surface area contributed by atoms with Crippen LogP contribution in [0, 0.1) is 16.5 Å². The van der Waals surface area contributed by atoms with Gasteiger partial charge in [-0.25, -0.2) is 10.2 Å². The first-order valence-corrected chi connectivity index (χ1v) is 0.901. The smallest absolute Gasteiger partial charge is 0.222 e. The van der Waals surface area contributed by atoms with Gasteiger partial charge < -0.3 is 0 Å². The molecule has 0 atom stereocenters. The van der Waals surface area contributed by atoms with Crippen molar-refractivity contribution in [1.82, 2.24) is 4.91 Å². The molecular formula is CH3N4O+. The van der Waals surface area contributed by atoms with Gasteiger partial charge in [0, 0.05) is 0 Å². The van der Waals surface area contributed by atoms with Gasteiger partial charge in [0.25, 0.3) is 0 Å². The predicted octanol–water partition coefficient (Wildman–Crippen LogP) is 0.0165. The Bertz CT molecular complexity index is 61.5. The average Bonchev–Trinajstić information content (AvgIpc) is 1.39. The van der Waals surface area contributed by atoms with Crippen LogP contribution >= 0.6 is 0 Å². The minimum absolute atomic E-state index is 0.750. The maximum Gasteiger partial charge on any atom is 0.231 e. The van der Waals surface area contributed by atoms with Crippen molar-refractivity contribution >= 4 is 6.08 Å². The van der Waals surface area contributed by atoms with E-state index in [1.54, 1.807) is 0 Å². The summed E-state index contributed by atoms with van der Waals surface area (Å²) < 4.78 is 0. The fourth-order valence-corrected chi connectivity index (χ4v) is 0. The quantitative estimate of drug-likeness (QED) is 0.165. The zero-order valence-electron chi connectivity index (χ0n) is 2.86. The lowest BCUT2D eigenvalue weighted by atomic mass is 11.7. The molecule has 0 aromatic rings. The molecular weight excluding hydrogens is 84.0 g/mol. The van der Waals surface area contributed by atoms with Gasteiger partial charge in [0.15, 0.2) is 0 Å². The molecule has 0 fully saturated rings. The molecule has 0 unspecified atom stereocenters. The van der Waals surface area contributed by atoms with E-state index in [4.69, 9.17) is 21.3 Å². The third-order valence-corrected chi connectivity index (χ3v) is 0. The summed E-state index contributed by atoms with van der Waals surface area (Å²) in [5, 5.41) is 5.40. The van der Waals surface area contributed by atoms with E-state index in [1.165, 1.54) is 0 Å². The summed E-state index contributed by atoms with van der Waals surface area (Å²) in [4.78, 5) is 10.3. The normalized spacial score (nSPS) is 2.67. The molecule has 0 aliphatic rings. The third-order valence-electron chi connectivity index (χ3n) is 0. The highest BCUT2D eigenvalue weighted by molar-refractivity contribution is 5.26. The van der Waals surface area contributed by atoms with Crippen LogP contribution in [0.25, 0.3) is 0 Å². The number of hydrogen-bond donors (Lipinski definition) is 3. The van der Waals surface area contributed by atoms with Gasteiger partial charge in [-0.05, 0) is 0 Å². The maximum atomic E-state index is 8.35. The standard InChI is InChI=1S/CHNO.H2N3/c2-1-3;1-3-2/h2H;1-2H/q;+1. The predicted molar refractivity (Wildman–Crippen MR) is 16.0 cm³/mol. The van der Waals surface area contributed by atoms with Gasteiger partial charge in [0.2, 0.25) is 11.0 Å². The van der Waals surface area contributed by atoms with Crippen LogP contribution in [0.4, 0.5) is 0 Å². The van der Waals surface area contributed by atoms with Crippen LogP contribution in [0.2, 0.25) is 0 Å². The fraction of sp³-hybridized carbons (Fsp3) is 0. The summed E-state index contributed by atoms with van der Waals surface area (Å²) in [7, 11) is 0. The van der Waals surface area contributed by atoms with Crippen LogP contribution in [0.15, 0.2) is 0 Å². The van der Waals surface area contributed by atoms with Crippen molar-refractivity contribution in [3.05, 3.63) is 0 Å². The van der Waals surface area contributed by atoms with Crippen LogP contribution in [0.3, 0.4) is 0 Å². The highest BCUT2D eigenvalue weighted by Crippen LogP contribution is 0.868. The largest absolute Gasteiger partial charge is 0.231 e. The molecule has 0 heterocycles.